The first-order valence-electron chi connectivity index (χ1n) is 6.24. The fraction of sp³-hybridized carbons (Fsp3) is 0.385. The molecular weight excluding hydrogens is 264 g/mol. The maximum Gasteiger partial charge on any atom is 0.309 e. The molecule has 0 aliphatic heterocycles. The minimum Gasteiger partial charge on any atom is -0.452 e. The standard InChI is InChI=1S/C13H14N2O5/c1-8(20-13(17)9-6-7-9)12(16)14-10-4-2-3-5-11(10)15(18)19/h2-5,8-9H,6-7H2,1H3,(H,14,16)/t8-/m0/s1. The van der Waals surface area contributed by atoms with Gasteiger partial charge in [-0.1, -0.05) is 12.1 Å². The first-order valence-corrected chi connectivity index (χ1v) is 6.24. The SMILES string of the molecule is C[C@H](OC(=O)C1CC1)C(=O)Nc1ccccc1[N+](=O)[O-]. The van der Waals surface area contributed by atoms with Crippen molar-refractivity contribution in [1.82, 2.24) is 0 Å². The highest BCUT2D eigenvalue weighted by molar-refractivity contribution is 5.97. The average molecular weight is 278 g/mol. The highest BCUT2D eigenvalue weighted by Crippen LogP contribution is 2.30. The monoisotopic (exact) mass is 278 g/mol. The molecule has 0 bridgehead atoms. The van der Waals surface area contributed by atoms with E-state index in [0.717, 1.165) is 12.8 Å². The van der Waals surface area contributed by atoms with Gasteiger partial charge in [-0.05, 0) is 25.8 Å². The van der Waals surface area contributed by atoms with Crippen LogP contribution in [-0.2, 0) is 14.3 Å². The second kappa shape index (κ2) is 5.68. The molecule has 1 atom stereocenters. The van der Waals surface area contributed by atoms with Crippen LogP contribution in [-0.4, -0.2) is 22.9 Å². The van der Waals surface area contributed by atoms with E-state index in [0.29, 0.717) is 0 Å². The summed E-state index contributed by atoms with van der Waals surface area (Å²) < 4.78 is 4.99. The Morgan fingerprint density at radius 2 is 2.05 bits per heavy atom. The number of para-hydroxylation sites is 2. The topological polar surface area (TPSA) is 98.5 Å². The number of benzene rings is 1. The minimum absolute atomic E-state index is 0.0804. The number of nitrogens with zero attached hydrogens (tertiary/aromatic N) is 1. The number of anilines is 1. The van der Waals surface area contributed by atoms with Gasteiger partial charge in [0, 0.05) is 6.07 Å². The highest BCUT2D eigenvalue weighted by Gasteiger charge is 2.33. The largest absolute Gasteiger partial charge is 0.452 e. The van der Waals surface area contributed by atoms with E-state index in [4.69, 9.17) is 4.74 Å². The van der Waals surface area contributed by atoms with Gasteiger partial charge < -0.3 is 10.1 Å². The van der Waals surface area contributed by atoms with Crippen molar-refractivity contribution in [3.8, 4) is 0 Å². The Bertz CT molecular complexity index is 553. The van der Waals surface area contributed by atoms with Crippen molar-refractivity contribution in [3.05, 3.63) is 34.4 Å². The molecule has 1 aromatic carbocycles. The number of amides is 1. The molecule has 0 heterocycles. The first-order chi connectivity index (χ1) is 9.49. The van der Waals surface area contributed by atoms with Gasteiger partial charge in [0.25, 0.3) is 11.6 Å². The van der Waals surface area contributed by atoms with Gasteiger partial charge in [0.05, 0.1) is 10.8 Å². The lowest BCUT2D eigenvalue weighted by Crippen LogP contribution is -2.30. The summed E-state index contributed by atoms with van der Waals surface area (Å²) >= 11 is 0. The fourth-order valence-corrected chi connectivity index (χ4v) is 1.62. The molecule has 7 heteroatoms. The number of rotatable bonds is 5. The number of hydrogen-bond acceptors (Lipinski definition) is 5. The van der Waals surface area contributed by atoms with Crippen LogP contribution in [0.5, 0.6) is 0 Å². The zero-order valence-corrected chi connectivity index (χ0v) is 10.9. The molecule has 7 nitrogen and oxygen atoms in total. The molecule has 0 unspecified atom stereocenters. The van der Waals surface area contributed by atoms with E-state index in [9.17, 15) is 19.7 Å². The van der Waals surface area contributed by atoms with Gasteiger partial charge in [-0.2, -0.15) is 0 Å². The zero-order chi connectivity index (χ0) is 14.7. The Labute approximate surface area is 115 Å². The minimum atomic E-state index is -0.983. The number of ether oxygens (including phenoxy) is 1. The van der Waals surface area contributed by atoms with E-state index in [1.54, 1.807) is 6.07 Å². The third-order valence-electron chi connectivity index (χ3n) is 2.93. The Morgan fingerprint density at radius 1 is 1.40 bits per heavy atom. The molecule has 0 spiro atoms. The van der Waals surface area contributed by atoms with E-state index in [1.165, 1.54) is 25.1 Å². The van der Waals surface area contributed by atoms with Crippen LogP contribution in [0.4, 0.5) is 11.4 Å². The van der Waals surface area contributed by atoms with Crippen molar-refractivity contribution < 1.29 is 19.2 Å². The smallest absolute Gasteiger partial charge is 0.309 e. The number of carbonyl (C=O) groups is 2. The van der Waals surface area contributed by atoms with Crippen molar-refractivity contribution in [2.45, 2.75) is 25.9 Å². The lowest BCUT2D eigenvalue weighted by atomic mass is 10.2. The molecule has 1 aliphatic carbocycles. The Hall–Kier alpha value is -2.44. The van der Waals surface area contributed by atoms with Crippen LogP contribution < -0.4 is 5.32 Å². The first kappa shape index (κ1) is 14.0. The lowest BCUT2D eigenvalue weighted by molar-refractivity contribution is -0.383. The molecule has 1 amide bonds. The van der Waals surface area contributed by atoms with E-state index in [2.05, 4.69) is 5.32 Å². The summed E-state index contributed by atoms with van der Waals surface area (Å²) in [4.78, 5) is 33.5. The number of nitrogens with one attached hydrogen (secondary N) is 1. The Balaban J connectivity index is 2.00. The van der Waals surface area contributed by atoms with Gasteiger partial charge in [-0.3, -0.25) is 19.7 Å². The second-order valence-electron chi connectivity index (χ2n) is 4.62. The number of nitro groups is 1. The molecule has 106 valence electrons. The summed E-state index contributed by atoms with van der Waals surface area (Å²) in [7, 11) is 0. The molecule has 2 rings (SSSR count). The maximum atomic E-state index is 11.9. The third-order valence-corrected chi connectivity index (χ3v) is 2.93. The van der Waals surface area contributed by atoms with Crippen molar-refractivity contribution >= 4 is 23.3 Å². The number of esters is 1. The van der Waals surface area contributed by atoms with E-state index < -0.39 is 22.9 Å². The van der Waals surface area contributed by atoms with Crippen LogP contribution in [0.1, 0.15) is 19.8 Å². The van der Waals surface area contributed by atoms with E-state index >= 15 is 0 Å². The van der Waals surface area contributed by atoms with Gasteiger partial charge in [0.15, 0.2) is 6.10 Å². The van der Waals surface area contributed by atoms with Crippen LogP contribution in [0.15, 0.2) is 24.3 Å². The summed E-state index contributed by atoms with van der Waals surface area (Å²) in [5.41, 5.74) is -0.126. The predicted molar refractivity (Wildman–Crippen MR) is 70.0 cm³/mol. The predicted octanol–water partition coefficient (Wildman–Crippen LogP) is 1.88. The van der Waals surface area contributed by atoms with Gasteiger partial charge in [0.2, 0.25) is 0 Å². The van der Waals surface area contributed by atoms with E-state index in [-0.39, 0.29) is 17.3 Å². The number of nitro benzene ring substituents is 1. The number of hydrogen-bond donors (Lipinski definition) is 1. The van der Waals surface area contributed by atoms with Crippen LogP contribution >= 0.6 is 0 Å². The van der Waals surface area contributed by atoms with Gasteiger partial charge in [-0.15, -0.1) is 0 Å². The highest BCUT2D eigenvalue weighted by atomic mass is 16.6. The molecule has 1 N–H and O–H groups in total. The molecule has 0 aromatic heterocycles. The van der Waals surface area contributed by atoms with Gasteiger partial charge in [0.1, 0.15) is 5.69 Å². The zero-order valence-electron chi connectivity index (χ0n) is 10.9. The molecule has 0 saturated heterocycles. The molecule has 1 aromatic rings. The average Bonchev–Trinajstić information content (AvgIpc) is 3.23. The van der Waals surface area contributed by atoms with Crippen LogP contribution in [0, 0.1) is 16.0 Å². The molecule has 1 saturated carbocycles. The van der Waals surface area contributed by atoms with Crippen molar-refractivity contribution in [3.63, 3.8) is 0 Å². The van der Waals surface area contributed by atoms with Gasteiger partial charge in [-0.25, -0.2) is 0 Å². The summed E-state index contributed by atoms with van der Waals surface area (Å²) in [6.07, 6.45) is 0.595. The van der Waals surface area contributed by atoms with Crippen molar-refractivity contribution in [2.75, 3.05) is 5.32 Å². The molecule has 1 aliphatic rings. The third kappa shape index (κ3) is 3.31. The molecule has 0 radical (unpaired) electrons. The Kier molecular flexibility index (Phi) is 3.97. The maximum absolute atomic E-state index is 11.9. The molecule has 1 fully saturated rings. The van der Waals surface area contributed by atoms with E-state index in [1.807, 2.05) is 0 Å². The van der Waals surface area contributed by atoms with Crippen molar-refractivity contribution in [2.24, 2.45) is 5.92 Å². The number of carbonyl (C=O) groups excluding carboxylic acids is 2. The normalized spacial score (nSPS) is 15.2. The summed E-state index contributed by atoms with van der Waals surface area (Å²) in [5, 5.41) is 13.2. The fourth-order valence-electron chi connectivity index (χ4n) is 1.62. The quantitative estimate of drug-likeness (QED) is 0.503. The summed E-state index contributed by atoms with van der Waals surface area (Å²) in [6, 6.07) is 5.79. The van der Waals surface area contributed by atoms with Crippen LogP contribution in [0.2, 0.25) is 0 Å². The van der Waals surface area contributed by atoms with Crippen LogP contribution in [0.3, 0.4) is 0 Å². The summed E-state index contributed by atoms with van der Waals surface area (Å²) in [5.74, 6) is -1.08. The van der Waals surface area contributed by atoms with Crippen molar-refractivity contribution in [1.29, 1.82) is 0 Å². The molecule has 20 heavy (non-hydrogen) atoms. The van der Waals surface area contributed by atoms with Gasteiger partial charge >= 0.3 is 5.97 Å². The molecular formula is C13H14N2O5. The Morgan fingerprint density at radius 3 is 2.65 bits per heavy atom. The second-order valence-corrected chi connectivity index (χ2v) is 4.62. The lowest BCUT2D eigenvalue weighted by Gasteiger charge is -2.13. The van der Waals surface area contributed by atoms with Crippen LogP contribution in [0.25, 0.3) is 0 Å². The summed E-state index contributed by atoms with van der Waals surface area (Å²) in [6.45, 7) is 1.43.